The molecule has 2 aromatic rings. The Morgan fingerprint density at radius 1 is 0.964 bits per heavy atom. The second-order valence-corrected chi connectivity index (χ2v) is 11.5. The fourth-order valence-corrected chi connectivity index (χ4v) is 2.50. The average molecular weight is 497 g/mol. The summed E-state index contributed by atoms with van der Waals surface area (Å²) in [6.45, 7) is 17.6. The molecule has 0 bridgehead atoms. The summed E-state index contributed by atoms with van der Waals surface area (Å²) in [6, 6.07) is 13.1. The summed E-state index contributed by atoms with van der Waals surface area (Å²) in [6.07, 6.45) is 8.63. The summed E-state index contributed by atoms with van der Waals surface area (Å²) in [4.78, 5) is 0. The van der Waals surface area contributed by atoms with E-state index in [2.05, 4.69) is 110 Å². The smallest absolute Gasteiger partial charge is 1.00 e. The normalized spacial score (nSPS) is 12.6. The van der Waals surface area contributed by atoms with Crippen molar-refractivity contribution in [1.29, 1.82) is 0 Å². The number of hydrogen-bond donors (Lipinski definition) is 0. The monoisotopic (exact) mass is 494 g/mol. The third-order valence-electron chi connectivity index (χ3n) is 3.99. The van der Waals surface area contributed by atoms with E-state index in [4.69, 9.17) is 0 Å². The Hall–Kier alpha value is -0.357. The van der Waals surface area contributed by atoms with Gasteiger partial charge in [0.2, 0.25) is 0 Å². The predicted molar refractivity (Wildman–Crippen MR) is 115 cm³/mol. The van der Waals surface area contributed by atoms with Crippen molar-refractivity contribution in [2.75, 3.05) is 0 Å². The predicted octanol–water partition coefficient (Wildman–Crippen LogP) is 1.33. The second kappa shape index (κ2) is 13.0. The summed E-state index contributed by atoms with van der Waals surface area (Å²) in [5.74, 6) is 0. The summed E-state index contributed by atoms with van der Waals surface area (Å²) in [5, 5.41) is 2.71. The van der Waals surface area contributed by atoms with Crippen LogP contribution in [0.3, 0.4) is 0 Å². The van der Waals surface area contributed by atoms with Crippen LogP contribution in [0, 0.1) is 11.5 Å². The minimum atomic E-state index is 0. The quantitative estimate of drug-likeness (QED) is 0.483. The Morgan fingerprint density at radius 2 is 1.50 bits per heavy atom. The third-order valence-corrected chi connectivity index (χ3v) is 3.99. The first-order valence-electron chi connectivity index (χ1n) is 9.37. The minimum absolute atomic E-state index is 0. The van der Waals surface area contributed by atoms with Gasteiger partial charge in [-0.05, 0) is 10.8 Å². The van der Waals surface area contributed by atoms with E-state index in [1.165, 1.54) is 25.1 Å². The van der Waals surface area contributed by atoms with Gasteiger partial charge in [0.1, 0.15) is 0 Å². The molecule has 154 valence electrons. The van der Waals surface area contributed by atoms with E-state index < -0.39 is 0 Å². The van der Waals surface area contributed by atoms with E-state index >= 15 is 0 Å². The maximum atomic E-state index is 3.30. The zero-order chi connectivity index (χ0) is 20.0. The van der Waals surface area contributed by atoms with Crippen molar-refractivity contribution < 1.29 is 49.0 Å². The molecule has 0 fully saturated rings. The number of allylic oxidation sites excluding steroid dienone is 4. The van der Waals surface area contributed by atoms with Crippen molar-refractivity contribution in [1.82, 2.24) is 0 Å². The van der Waals surface area contributed by atoms with Gasteiger partial charge in [-0.1, -0.05) is 47.6 Å². The molecule has 0 aliphatic heterocycles. The van der Waals surface area contributed by atoms with Crippen molar-refractivity contribution in [2.24, 2.45) is 5.41 Å². The van der Waals surface area contributed by atoms with Crippen LogP contribution in [0.2, 0.25) is 0 Å². The average Bonchev–Trinajstić information content (AvgIpc) is 3.16. The van der Waals surface area contributed by atoms with E-state index in [1.807, 2.05) is 0 Å². The fourth-order valence-electron chi connectivity index (χ4n) is 2.50. The maximum absolute atomic E-state index is 3.30. The van der Waals surface area contributed by atoms with Crippen LogP contribution in [0.15, 0.2) is 54.1 Å². The number of fused-ring (bicyclic) bond motifs is 1. The molecule has 0 radical (unpaired) electrons. The number of benzene rings is 1. The van der Waals surface area contributed by atoms with Crippen LogP contribution >= 0.6 is 0 Å². The molecule has 0 heterocycles. The van der Waals surface area contributed by atoms with Crippen LogP contribution in [0.5, 0.6) is 0 Å². The van der Waals surface area contributed by atoms with E-state index in [-0.39, 0.29) is 30.2 Å². The molecule has 0 amide bonds. The topological polar surface area (TPSA) is 0 Å². The van der Waals surface area contributed by atoms with Crippen LogP contribution < -0.4 is 24.8 Å². The molecule has 0 aromatic heterocycles. The van der Waals surface area contributed by atoms with Gasteiger partial charge in [-0.25, -0.2) is 11.6 Å². The van der Waals surface area contributed by atoms with Crippen LogP contribution in [0.25, 0.3) is 10.8 Å². The number of rotatable bonds is 0. The van der Waals surface area contributed by atoms with Crippen molar-refractivity contribution in [2.45, 2.75) is 67.2 Å². The first-order chi connectivity index (χ1) is 11.9. The van der Waals surface area contributed by atoms with Crippen LogP contribution in [-0.2, 0) is 29.7 Å². The molecule has 0 nitrogen and oxygen atoms in total. The second-order valence-electron chi connectivity index (χ2n) is 9.07. The maximum Gasteiger partial charge on any atom is -1.00 e. The Morgan fingerprint density at radius 3 is 1.86 bits per heavy atom. The van der Waals surface area contributed by atoms with Gasteiger partial charge in [0.15, 0.2) is 0 Å². The van der Waals surface area contributed by atoms with Crippen molar-refractivity contribution in [3.8, 4) is 0 Å². The molecule has 1 aliphatic carbocycles. The molecule has 3 rings (SSSR count). The van der Waals surface area contributed by atoms with Crippen molar-refractivity contribution in [3.63, 3.8) is 0 Å². The van der Waals surface area contributed by atoms with Crippen molar-refractivity contribution >= 4 is 14.0 Å². The Labute approximate surface area is 200 Å². The van der Waals surface area contributed by atoms with E-state index in [9.17, 15) is 0 Å². The molecule has 1 aliphatic rings. The molecule has 0 spiro atoms. The molecular formula is C25H34Cl2Zr-2. The van der Waals surface area contributed by atoms with Crippen LogP contribution in [0.1, 0.15) is 67.4 Å². The molecule has 0 N–H and O–H groups in total. The van der Waals surface area contributed by atoms with Gasteiger partial charge >= 0.3 is 41.3 Å². The SMILES string of the molecule is CC(C)(C)C1=[C-]CC=C1.CC(C)(C)c1cc2ccccc2[cH-]1.C[C](C)=[Zr+2].[Cl-].[Cl-]. The molecule has 0 saturated heterocycles. The van der Waals surface area contributed by atoms with Gasteiger partial charge in [0, 0.05) is 0 Å². The fraction of sp³-hybridized carbons (Fsp3) is 0.440. The zero-order valence-corrected chi connectivity index (χ0v) is 22.6. The molecule has 0 unspecified atom stereocenters. The number of halogens is 2. The van der Waals surface area contributed by atoms with Gasteiger partial charge in [-0.15, -0.1) is 47.0 Å². The number of hydrogen-bond acceptors (Lipinski definition) is 0. The van der Waals surface area contributed by atoms with Crippen LogP contribution in [-0.4, -0.2) is 3.21 Å². The van der Waals surface area contributed by atoms with Gasteiger partial charge in [0.05, 0.1) is 0 Å². The summed E-state index contributed by atoms with van der Waals surface area (Å²) in [5.41, 5.74) is 3.34. The Kier molecular flexibility index (Phi) is 13.9. The molecule has 2 aromatic carbocycles. The summed E-state index contributed by atoms with van der Waals surface area (Å²) < 4.78 is 1.51. The Balaban J connectivity index is 0. The molecule has 0 atom stereocenters. The Bertz CT molecular complexity index is 744. The summed E-state index contributed by atoms with van der Waals surface area (Å²) in [7, 11) is 0. The largest absolute Gasteiger partial charge is 1.00 e. The van der Waals surface area contributed by atoms with E-state index in [0.29, 0.717) is 5.41 Å². The standard InChI is InChI=1S/C13H15.C9H13.C3H6.2ClH.Zr/c1-13(2,3)12-8-10-6-4-5-7-11(10)9-12;1-9(2,3)8-6-4-5-7-8;1-3-2;;;/h4-9H,1-3H3;4,6H,5H2,1-3H3;1-2H3;2*1H;/q2*-1;;;;+2/p-2. The van der Waals surface area contributed by atoms with Gasteiger partial charge in [-0.3, -0.25) is 6.08 Å². The van der Waals surface area contributed by atoms with Crippen molar-refractivity contribution in [3.05, 3.63) is 65.8 Å². The van der Waals surface area contributed by atoms with E-state index in [0.717, 1.165) is 6.42 Å². The van der Waals surface area contributed by atoms with Gasteiger partial charge in [-0.2, -0.15) is 12.1 Å². The summed E-state index contributed by atoms with van der Waals surface area (Å²) >= 11 is 1.55. The zero-order valence-electron chi connectivity index (χ0n) is 18.6. The molecular weight excluding hydrogens is 462 g/mol. The molecule has 3 heteroatoms. The van der Waals surface area contributed by atoms with E-state index in [1.54, 1.807) is 24.2 Å². The van der Waals surface area contributed by atoms with Gasteiger partial charge < -0.3 is 24.8 Å². The third kappa shape index (κ3) is 11.0. The van der Waals surface area contributed by atoms with Gasteiger partial charge in [0.25, 0.3) is 0 Å². The first kappa shape index (κ1) is 29.8. The van der Waals surface area contributed by atoms with Crippen LogP contribution in [0.4, 0.5) is 0 Å². The minimum Gasteiger partial charge on any atom is -1.00 e. The molecule has 0 saturated carbocycles. The first-order valence-corrected chi connectivity index (χ1v) is 10.6. The molecule has 28 heavy (non-hydrogen) atoms.